The second-order valence-corrected chi connectivity index (χ2v) is 7.55. The molecule has 1 aliphatic heterocycles. The normalized spacial score (nSPS) is 16.0. The van der Waals surface area contributed by atoms with E-state index in [2.05, 4.69) is 5.32 Å². The van der Waals surface area contributed by atoms with Crippen molar-refractivity contribution in [1.82, 2.24) is 4.90 Å². The zero-order valence-electron chi connectivity index (χ0n) is 15.0. The van der Waals surface area contributed by atoms with Crippen molar-refractivity contribution in [2.24, 2.45) is 0 Å². The average Bonchev–Trinajstić information content (AvgIpc) is 2.84. The summed E-state index contributed by atoms with van der Waals surface area (Å²) in [6.07, 6.45) is 0. The highest BCUT2D eigenvalue weighted by Gasteiger charge is 2.34. The highest BCUT2D eigenvalue weighted by Crippen LogP contribution is 2.38. The molecule has 0 fully saturated rings. The molecule has 2 amide bonds. The molecule has 1 atom stereocenters. The van der Waals surface area contributed by atoms with E-state index in [1.54, 1.807) is 54.6 Å². The Morgan fingerprint density at radius 3 is 2.45 bits per heavy atom. The number of carbonyl (C=O) groups is 2. The lowest BCUT2D eigenvalue weighted by Gasteiger charge is -2.30. The first-order valence-electron chi connectivity index (χ1n) is 8.83. The summed E-state index contributed by atoms with van der Waals surface area (Å²) in [6, 6.07) is 16.8. The van der Waals surface area contributed by atoms with Crippen LogP contribution in [0.3, 0.4) is 0 Å². The maximum atomic E-state index is 13.5. The van der Waals surface area contributed by atoms with Gasteiger partial charge in [0.25, 0.3) is 5.91 Å². The van der Waals surface area contributed by atoms with E-state index in [1.807, 2.05) is 0 Å². The van der Waals surface area contributed by atoms with Crippen LogP contribution in [0.4, 0.5) is 10.1 Å². The summed E-state index contributed by atoms with van der Waals surface area (Å²) in [5.41, 5.74) is 2.20. The van der Waals surface area contributed by atoms with Crippen LogP contribution in [0.1, 0.15) is 27.5 Å². The van der Waals surface area contributed by atoms with E-state index < -0.39 is 11.9 Å². The van der Waals surface area contributed by atoms with Gasteiger partial charge in [0.15, 0.2) is 0 Å². The quantitative estimate of drug-likeness (QED) is 0.600. The lowest BCUT2D eigenvalue weighted by Crippen LogP contribution is -2.39. The predicted octanol–water partition coefficient (Wildman–Crippen LogP) is 5.32. The highest BCUT2D eigenvalue weighted by atomic mass is 35.5. The Labute approximate surface area is 176 Å². The van der Waals surface area contributed by atoms with Gasteiger partial charge in [0.1, 0.15) is 12.4 Å². The van der Waals surface area contributed by atoms with E-state index in [0.717, 1.165) is 0 Å². The van der Waals surface area contributed by atoms with E-state index in [0.29, 0.717) is 32.4 Å². The van der Waals surface area contributed by atoms with Crippen LogP contribution in [0.2, 0.25) is 10.0 Å². The second kappa shape index (κ2) is 7.85. The van der Waals surface area contributed by atoms with Gasteiger partial charge in [-0.15, -0.1) is 0 Å². The largest absolute Gasteiger partial charge is 0.324 e. The summed E-state index contributed by atoms with van der Waals surface area (Å²) in [4.78, 5) is 27.4. The molecule has 1 N–H and O–H groups in total. The topological polar surface area (TPSA) is 49.4 Å². The summed E-state index contributed by atoms with van der Waals surface area (Å²) < 4.78 is 13.5. The first kappa shape index (κ1) is 19.4. The summed E-state index contributed by atoms with van der Waals surface area (Å²) in [6.45, 7) is -0.181. The number of fused-ring (bicyclic) bond motifs is 1. The number of hydrogen-bond donors (Lipinski definition) is 1. The zero-order chi connectivity index (χ0) is 20.5. The maximum Gasteiger partial charge on any atom is 0.255 e. The molecule has 7 heteroatoms. The van der Waals surface area contributed by atoms with Crippen molar-refractivity contribution in [2.75, 3.05) is 11.9 Å². The Hall–Kier alpha value is -2.89. The molecule has 146 valence electrons. The molecule has 4 nitrogen and oxygen atoms in total. The van der Waals surface area contributed by atoms with Gasteiger partial charge in [-0.05, 0) is 54.1 Å². The summed E-state index contributed by atoms with van der Waals surface area (Å²) in [5, 5.41) is 3.69. The Morgan fingerprint density at radius 1 is 1.00 bits per heavy atom. The fraction of sp³-hybridized carbons (Fsp3) is 0.0909. The number of nitrogens with zero attached hydrogens (tertiary/aromatic N) is 1. The molecule has 0 bridgehead atoms. The van der Waals surface area contributed by atoms with Crippen LogP contribution in [-0.4, -0.2) is 23.3 Å². The SMILES string of the molecule is O=C1CN(C(=O)c2cccc(Cl)c2)C(c2ccc(F)cc2)c2cc(Cl)ccc2N1. The first-order valence-corrected chi connectivity index (χ1v) is 9.59. The second-order valence-electron chi connectivity index (χ2n) is 6.68. The molecule has 0 saturated carbocycles. The van der Waals surface area contributed by atoms with Gasteiger partial charge in [0.05, 0.1) is 6.04 Å². The number of carbonyl (C=O) groups excluding carboxylic acids is 2. The van der Waals surface area contributed by atoms with Crippen LogP contribution in [0, 0.1) is 5.82 Å². The van der Waals surface area contributed by atoms with Crippen molar-refractivity contribution in [1.29, 1.82) is 0 Å². The lowest BCUT2D eigenvalue weighted by atomic mass is 9.95. The Kier molecular flexibility index (Phi) is 5.26. The molecule has 3 aromatic rings. The Morgan fingerprint density at radius 2 is 1.72 bits per heavy atom. The van der Waals surface area contributed by atoms with Crippen LogP contribution in [0.15, 0.2) is 66.7 Å². The number of hydrogen-bond acceptors (Lipinski definition) is 2. The molecule has 0 radical (unpaired) electrons. The van der Waals surface area contributed by atoms with Gasteiger partial charge in [-0.1, -0.05) is 41.4 Å². The van der Waals surface area contributed by atoms with Crippen LogP contribution < -0.4 is 5.32 Å². The van der Waals surface area contributed by atoms with Crippen LogP contribution >= 0.6 is 23.2 Å². The van der Waals surface area contributed by atoms with Crippen molar-refractivity contribution in [2.45, 2.75) is 6.04 Å². The van der Waals surface area contributed by atoms with E-state index in [4.69, 9.17) is 23.2 Å². The molecule has 4 rings (SSSR count). The third-order valence-corrected chi connectivity index (χ3v) is 5.20. The number of amides is 2. The lowest BCUT2D eigenvalue weighted by molar-refractivity contribution is -0.117. The molecular weight excluding hydrogens is 414 g/mol. The number of rotatable bonds is 2. The molecule has 1 unspecified atom stereocenters. The minimum atomic E-state index is -0.644. The minimum Gasteiger partial charge on any atom is -0.324 e. The number of benzene rings is 3. The molecule has 29 heavy (non-hydrogen) atoms. The van der Waals surface area contributed by atoms with Crippen molar-refractivity contribution in [3.8, 4) is 0 Å². The molecule has 0 aliphatic carbocycles. The summed E-state index contributed by atoms with van der Waals surface area (Å²) in [5.74, 6) is -1.10. The van der Waals surface area contributed by atoms with Gasteiger partial charge in [0.2, 0.25) is 5.91 Å². The van der Waals surface area contributed by atoms with Gasteiger partial charge in [-0.2, -0.15) is 0 Å². The standard InChI is InChI=1S/C22H15Cl2FN2O2/c23-15-3-1-2-14(10-15)22(29)27-12-20(28)26-19-9-6-16(24)11-18(19)21(27)13-4-7-17(25)8-5-13/h1-11,21H,12H2,(H,26,28). The highest BCUT2D eigenvalue weighted by molar-refractivity contribution is 6.31. The monoisotopic (exact) mass is 428 g/mol. The van der Waals surface area contributed by atoms with Crippen LogP contribution in [-0.2, 0) is 4.79 Å². The summed E-state index contributed by atoms with van der Waals surface area (Å²) in [7, 11) is 0. The molecule has 0 saturated heterocycles. The Bertz CT molecular complexity index is 1100. The molecule has 0 spiro atoms. The molecule has 1 heterocycles. The van der Waals surface area contributed by atoms with E-state index in [-0.39, 0.29) is 18.4 Å². The minimum absolute atomic E-state index is 0.181. The average molecular weight is 429 g/mol. The Balaban J connectivity index is 1.90. The zero-order valence-corrected chi connectivity index (χ0v) is 16.5. The van der Waals surface area contributed by atoms with Gasteiger partial charge in [-0.3, -0.25) is 9.59 Å². The molecule has 0 aromatic heterocycles. The van der Waals surface area contributed by atoms with Gasteiger partial charge in [0, 0.05) is 26.9 Å². The van der Waals surface area contributed by atoms with Crippen LogP contribution in [0.25, 0.3) is 0 Å². The first-order chi connectivity index (χ1) is 13.9. The third kappa shape index (κ3) is 3.97. The third-order valence-electron chi connectivity index (χ3n) is 4.73. The number of anilines is 1. The van der Waals surface area contributed by atoms with E-state index in [1.165, 1.54) is 17.0 Å². The van der Waals surface area contributed by atoms with E-state index in [9.17, 15) is 14.0 Å². The van der Waals surface area contributed by atoms with Crippen molar-refractivity contribution < 1.29 is 14.0 Å². The smallest absolute Gasteiger partial charge is 0.255 e. The summed E-state index contributed by atoms with van der Waals surface area (Å²) >= 11 is 12.3. The fourth-order valence-corrected chi connectivity index (χ4v) is 3.83. The molecular formula is C22H15Cl2FN2O2. The maximum absolute atomic E-state index is 13.5. The van der Waals surface area contributed by atoms with Gasteiger partial charge >= 0.3 is 0 Å². The molecule has 3 aromatic carbocycles. The van der Waals surface area contributed by atoms with Gasteiger partial charge in [-0.25, -0.2) is 4.39 Å². The van der Waals surface area contributed by atoms with Crippen LogP contribution in [0.5, 0.6) is 0 Å². The fourth-order valence-electron chi connectivity index (χ4n) is 3.46. The molecule has 1 aliphatic rings. The van der Waals surface area contributed by atoms with Crippen molar-refractivity contribution in [3.05, 3.63) is 99.3 Å². The van der Waals surface area contributed by atoms with Crippen molar-refractivity contribution >= 4 is 40.7 Å². The van der Waals surface area contributed by atoms with Gasteiger partial charge < -0.3 is 10.2 Å². The van der Waals surface area contributed by atoms with Crippen molar-refractivity contribution in [3.63, 3.8) is 0 Å². The predicted molar refractivity (Wildman–Crippen MR) is 111 cm³/mol. The number of halogens is 3. The van der Waals surface area contributed by atoms with E-state index >= 15 is 0 Å². The number of nitrogens with one attached hydrogen (secondary N) is 1.